The van der Waals surface area contributed by atoms with Crippen molar-refractivity contribution in [3.8, 4) is 0 Å². The molecular weight excluding hydrogens is 348 g/mol. The summed E-state index contributed by atoms with van der Waals surface area (Å²) < 4.78 is 5.27. The number of furan rings is 1. The lowest BCUT2D eigenvalue weighted by molar-refractivity contribution is -0.154. The first-order valence-electron chi connectivity index (χ1n) is 8.59. The molecule has 3 rings (SSSR count). The predicted molar refractivity (Wildman–Crippen MR) is 96.5 cm³/mol. The van der Waals surface area contributed by atoms with Gasteiger partial charge in [0.2, 0.25) is 5.91 Å². The van der Waals surface area contributed by atoms with Crippen molar-refractivity contribution in [2.45, 2.75) is 31.8 Å². The van der Waals surface area contributed by atoms with E-state index >= 15 is 0 Å². The lowest BCUT2D eigenvalue weighted by atomic mass is 9.96. The third-order valence-electron chi connectivity index (χ3n) is 4.41. The summed E-state index contributed by atoms with van der Waals surface area (Å²) in [5.41, 5.74) is 1.30. The fourth-order valence-corrected chi connectivity index (χ4v) is 2.97. The van der Waals surface area contributed by atoms with Crippen molar-refractivity contribution in [1.82, 2.24) is 10.2 Å². The monoisotopic (exact) mass is 368 g/mol. The molecule has 140 valence electrons. The van der Waals surface area contributed by atoms with Crippen molar-refractivity contribution in [2.24, 2.45) is 0 Å². The van der Waals surface area contributed by atoms with E-state index in [9.17, 15) is 19.5 Å². The minimum absolute atomic E-state index is 0.143. The molecule has 2 N–H and O–H groups in total. The highest BCUT2D eigenvalue weighted by Gasteiger charge is 2.47. The summed E-state index contributed by atoms with van der Waals surface area (Å²) in [7, 11) is 0. The van der Waals surface area contributed by atoms with Crippen molar-refractivity contribution in [3.63, 3.8) is 0 Å². The Morgan fingerprint density at radius 3 is 2.63 bits per heavy atom. The van der Waals surface area contributed by atoms with Gasteiger partial charge in [-0.1, -0.05) is 36.4 Å². The van der Waals surface area contributed by atoms with Crippen LogP contribution in [0, 0.1) is 0 Å². The Morgan fingerprint density at radius 1 is 1.26 bits per heavy atom. The highest BCUT2D eigenvalue weighted by Crippen LogP contribution is 2.28. The van der Waals surface area contributed by atoms with E-state index in [1.165, 1.54) is 18.1 Å². The Morgan fingerprint density at radius 2 is 2.00 bits per heavy atom. The lowest BCUT2D eigenvalue weighted by Crippen LogP contribution is -2.65. The van der Waals surface area contributed by atoms with Crippen LogP contribution in [0.4, 0.5) is 0 Å². The SMILES string of the molecule is CC(C(=O)O)N1C(=O)C(NC(=O)Cc2ccccc2)C1=CCc1ccco1. The summed E-state index contributed by atoms with van der Waals surface area (Å²) in [5, 5.41) is 11.9. The summed E-state index contributed by atoms with van der Waals surface area (Å²) in [6, 6.07) is 10.9. The van der Waals surface area contributed by atoms with Crippen LogP contribution in [-0.2, 0) is 27.2 Å². The molecular formula is C20H20N2O5. The lowest BCUT2D eigenvalue weighted by Gasteiger charge is -2.43. The first-order valence-corrected chi connectivity index (χ1v) is 8.59. The average molecular weight is 368 g/mol. The molecule has 0 spiro atoms. The van der Waals surface area contributed by atoms with E-state index < -0.39 is 24.0 Å². The number of β-lactam (4-membered cyclic amide) rings is 1. The highest BCUT2D eigenvalue weighted by molar-refractivity contribution is 6.00. The average Bonchev–Trinajstić information content (AvgIpc) is 3.16. The fraction of sp³-hybridized carbons (Fsp3) is 0.250. The Labute approximate surface area is 156 Å². The number of carboxylic acids is 1. The predicted octanol–water partition coefficient (Wildman–Crippen LogP) is 1.75. The molecule has 0 aliphatic carbocycles. The third kappa shape index (κ3) is 4.08. The number of rotatable bonds is 7. The van der Waals surface area contributed by atoms with Crippen molar-refractivity contribution >= 4 is 17.8 Å². The maximum Gasteiger partial charge on any atom is 0.326 e. The Kier molecular flexibility index (Phi) is 5.40. The van der Waals surface area contributed by atoms with Crippen LogP contribution in [-0.4, -0.2) is 39.9 Å². The fourth-order valence-electron chi connectivity index (χ4n) is 2.97. The molecule has 0 radical (unpaired) electrons. The first-order chi connectivity index (χ1) is 13.0. The Bertz CT molecular complexity index is 858. The number of hydrogen-bond donors (Lipinski definition) is 2. The largest absolute Gasteiger partial charge is 0.480 e. The van der Waals surface area contributed by atoms with E-state index in [2.05, 4.69) is 5.32 Å². The van der Waals surface area contributed by atoms with Gasteiger partial charge in [0.1, 0.15) is 17.8 Å². The number of amides is 2. The molecule has 1 aromatic carbocycles. The van der Waals surface area contributed by atoms with E-state index in [4.69, 9.17) is 4.42 Å². The number of likely N-dealkylation sites (tertiary alicyclic amines) is 1. The minimum atomic E-state index is -1.11. The summed E-state index contributed by atoms with van der Waals surface area (Å²) in [6.45, 7) is 1.43. The molecule has 2 heterocycles. The molecule has 2 amide bonds. The molecule has 0 saturated carbocycles. The molecule has 2 unspecified atom stereocenters. The summed E-state index contributed by atoms with van der Waals surface area (Å²) in [4.78, 5) is 37.3. The van der Waals surface area contributed by atoms with Gasteiger partial charge in [-0.05, 0) is 24.6 Å². The van der Waals surface area contributed by atoms with Gasteiger partial charge in [0.25, 0.3) is 5.91 Å². The summed E-state index contributed by atoms with van der Waals surface area (Å²) >= 11 is 0. The topological polar surface area (TPSA) is 99.9 Å². The molecule has 2 atom stereocenters. The Balaban J connectivity index is 1.73. The Hall–Kier alpha value is -3.35. The van der Waals surface area contributed by atoms with E-state index in [0.717, 1.165) is 5.56 Å². The molecule has 27 heavy (non-hydrogen) atoms. The van der Waals surface area contributed by atoms with Gasteiger partial charge in [0.15, 0.2) is 0 Å². The van der Waals surface area contributed by atoms with Crippen LogP contribution in [0.3, 0.4) is 0 Å². The summed E-state index contributed by atoms with van der Waals surface area (Å²) in [6.07, 6.45) is 3.79. The number of carboxylic acid groups (broad SMARTS) is 1. The molecule has 7 heteroatoms. The van der Waals surface area contributed by atoms with Crippen LogP contribution in [0.2, 0.25) is 0 Å². The number of benzene rings is 1. The van der Waals surface area contributed by atoms with Gasteiger partial charge in [0.05, 0.1) is 18.4 Å². The van der Waals surface area contributed by atoms with Gasteiger partial charge < -0.3 is 14.8 Å². The maximum atomic E-state index is 12.5. The second-order valence-electron chi connectivity index (χ2n) is 6.30. The summed E-state index contributed by atoms with van der Waals surface area (Å²) in [5.74, 6) is -1.16. The highest BCUT2D eigenvalue weighted by atomic mass is 16.4. The molecule has 1 aliphatic heterocycles. The zero-order valence-corrected chi connectivity index (χ0v) is 14.8. The molecule has 1 fully saturated rings. The van der Waals surface area contributed by atoms with Gasteiger partial charge in [-0.3, -0.25) is 14.5 Å². The van der Waals surface area contributed by atoms with Crippen LogP contribution in [0.5, 0.6) is 0 Å². The van der Waals surface area contributed by atoms with E-state index in [-0.39, 0.29) is 12.3 Å². The molecule has 0 bridgehead atoms. The van der Waals surface area contributed by atoms with Crippen LogP contribution >= 0.6 is 0 Å². The van der Waals surface area contributed by atoms with Crippen LogP contribution in [0.15, 0.2) is 64.9 Å². The third-order valence-corrected chi connectivity index (χ3v) is 4.41. The van der Waals surface area contributed by atoms with Crippen molar-refractivity contribution in [2.75, 3.05) is 0 Å². The zero-order chi connectivity index (χ0) is 19.4. The second-order valence-corrected chi connectivity index (χ2v) is 6.30. The number of aliphatic carboxylic acids is 1. The van der Waals surface area contributed by atoms with E-state index in [1.54, 1.807) is 18.2 Å². The van der Waals surface area contributed by atoms with Crippen LogP contribution in [0.1, 0.15) is 18.2 Å². The molecule has 1 aliphatic rings. The molecule has 1 aromatic heterocycles. The number of nitrogens with zero attached hydrogens (tertiary/aromatic N) is 1. The number of carbonyl (C=O) groups is 3. The van der Waals surface area contributed by atoms with Gasteiger partial charge in [0, 0.05) is 6.42 Å². The maximum absolute atomic E-state index is 12.5. The van der Waals surface area contributed by atoms with E-state index in [1.807, 2.05) is 30.3 Å². The zero-order valence-electron chi connectivity index (χ0n) is 14.8. The van der Waals surface area contributed by atoms with Gasteiger partial charge in [-0.25, -0.2) is 4.79 Å². The van der Waals surface area contributed by atoms with Crippen LogP contribution < -0.4 is 5.32 Å². The van der Waals surface area contributed by atoms with Gasteiger partial charge in [-0.2, -0.15) is 0 Å². The number of allylic oxidation sites excluding steroid dienone is 1. The van der Waals surface area contributed by atoms with Crippen LogP contribution in [0.25, 0.3) is 0 Å². The minimum Gasteiger partial charge on any atom is -0.480 e. The van der Waals surface area contributed by atoms with Crippen molar-refractivity contribution in [1.29, 1.82) is 0 Å². The molecule has 2 aromatic rings. The smallest absolute Gasteiger partial charge is 0.326 e. The number of carbonyl (C=O) groups excluding carboxylic acids is 2. The van der Waals surface area contributed by atoms with Crippen molar-refractivity contribution in [3.05, 3.63) is 71.8 Å². The molecule has 7 nitrogen and oxygen atoms in total. The van der Waals surface area contributed by atoms with E-state index in [0.29, 0.717) is 17.9 Å². The van der Waals surface area contributed by atoms with Gasteiger partial charge >= 0.3 is 5.97 Å². The first kappa shape index (κ1) is 18.4. The standard InChI is InChI=1S/C20H20N2O5/c1-13(20(25)26)22-16(10-9-15-8-5-11-27-15)18(19(22)24)21-17(23)12-14-6-3-2-4-7-14/h2-8,10-11,13,18H,9,12H2,1H3,(H,21,23)(H,25,26). The second kappa shape index (κ2) is 7.90. The quantitative estimate of drug-likeness (QED) is 0.725. The van der Waals surface area contributed by atoms with Gasteiger partial charge in [-0.15, -0.1) is 0 Å². The van der Waals surface area contributed by atoms with Crippen molar-refractivity contribution < 1.29 is 23.9 Å². The molecule has 1 saturated heterocycles. The normalized spacial score (nSPS) is 18.9. The number of nitrogens with one attached hydrogen (secondary N) is 1. The number of hydrogen-bond acceptors (Lipinski definition) is 4.